The van der Waals surface area contributed by atoms with Crippen LogP contribution in [-0.2, 0) is 85.3 Å². The number of aliphatic hydroxyl groups is 31. The summed E-state index contributed by atoms with van der Waals surface area (Å²) in [6, 6.07) is 0. The van der Waals surface area contributed by atoms with Crippen LogP contribution in [0.4, 0.5) is 0 Å². The molecule has 0 saturated carbocycles. The van der Waals surface area contributed by atoms with Crippen LogP contribution in [0.5, 0.6) is 0 Å². The van der Waals surface area contributed by atoms with Crippen molar-refractivity contribution in [2.75, 3.05) is 59.5 Å². The molecule has 0 aliphatic carbocycles. The molecule has 0 radical (unpaired) electrons. The third-order valence-corrected chi connectivity index (χ3v) is 20.4. The molecule has 0 unspecified atom stereocenters. The zero-order chi connectivity index (χ0) is 80.4. The minimum atomic E-state index is -2.40. The van der Waals surface area contributed by atoms with Crippen LogP contribution in [0.1, 0.15) is 13.8 Å². The van der Waals surface area contributed by atoms with Crippen LogP contribution in [0.15, 0.2) is 0 Å². The smallest absolute Gasteiger partial charge is 0.187 e. The van der Waals surface area contributed by atoms with Gasteiger partial charge in [-0.25, -0.2) is 0 Å². The van der Waals surface area contributed by atoms with E-state index in [0.29, 0.717) is 0 Å². The Morgan fingerprint density at radius 2 is 0.477 bits per heavy atom. The molecule has 0 aromatic heterocycles. The molecule has 9 rings (SSSR count). The Balaban J connectivity index is 0.893. The van der Waals surface area contributed by atoms with Gasteiger partial charge in [0.25, 0.3) is 0 Å². The highest BCUT2D eigenvalue weighted by molar-refractivity contribution is 5.03. The SMILES string of the molecule is C[C@H](O)[C@H](O)[C@H](O[C@H]1O[C@H](CO)[C@@H](O[C@@H]2O[C@H](CO)[C@H](O[C@@H]3O[C@H](CO)[C@@H](O[C@@H]4O[C@@H](C)[C@H](O)[C@@H](O[C@H]5O[C@H](CO)[C@@H](O[C@@H]6O[C@H](CO)[C@H](O[C@@H]7O[C@H](CO)[C@@H](O)[C@H](O)[C@H]7O)[C@H](O)[C@H]6O[C@H]6O[C@H](CO)[C@@H](O)[C@H](O)[C@H]6O)[C@H](O)[C@H]5O)[C@H]4O)[C@H](O)[C@H]3O)[C@H](O)[C@H]2O[C@H]2O[C@H](CO)[C@@H](O)[C@H](O)[C@H]2O)[C@H](O)[C@H]1O)[C@@H](O)CO. The van der Waals surface area contributed by atoms with Gasteiger partial charge in [0.15, 0.2) is 56.6 Å². The second-order valence-corrected chi connectivity index (χ2v) is 27.7. The molecular weight excluding hydrogens is 1500 g/mol. The van der Waals surface area contributed by atoms with Gasteiger partial charge < -0.3 is 244 Å². The largest absolute Gasteiger partial charge is 0.394 e. The van der Waals surface area contributed by atoms with Crippen molar-refractivity contribution in [3.05, 3.63) is 0 Å². The number of rotatable bonds is 30. The van der Waals surface area contributed by atoms with Gasteiger partial charge in [-0.1, -0.05) is 0 Å². The number of aliphatic hydroxyl groups excluding tert-OH is 31. The van der Waals surface area contributed by atoms with Crippen LogP contribution in [0.2, 0.25) is 0 Å². The molecule has 49 heteroatoms. The topological polar surface area (TPSA) is 793 Å². The van der Waals surface area contributed by atoms with Crippen LogP contribution < -0.4 is 0 Å². The van der Waals surface area contributed by atoms with Crippen molar-refractivity contribution >= 4 is 0 Å². The van der Waals surface area contributed by atoms with Gasteiger partial charge in [0.05, 0.1) is 71.7 Å². The number of hydrogen-bond acceptors (Lipinski definition) is 49. The summed E-state index contributed by atoms with van der Waals surface area (Å²) in [5.74, 6) is 0. The van der Waals surface area contributed by atoms with Crippen LogP contribution >= 0.6 is 0 Å². The quantitative estimate of drug-likeness (QED) is 0.0318. The van der Waals surface area contributed by atoms with Crippen LogP contribution in [0, 0.1) is 0 Å². The Morgan fingerprint density at radius 1 is 0.239 bits per heavy atom. The van der Waals surface area contributed by atoms with Crippen molar-refractivity contribution in [3.8, 4) is 0 Å². The van der Waals surface area contributed by atoms with E-state index in [1.54, 1.807) is 0 Å². The van der Waals surface area contributed by atoms with E-state index in [9.17, 15) is 158 Å². The fourth-order valence-electron chi connectivity index (χ4n) is 13.9. The van der Waals surface area contributed by atoms with Crippen molar-refractivity contribution in [1.29, 1.82) is 0 Å². The molecule has 9 saturated heterocycles. The van der Waals surface area contributed by atoms with E-state index in [2.05, 4.69) is 0 Å². The Kier molecular flexibility index (Phi) is 33.0. The zero-order valence-electron chi connectivity index (χ0n) is 57.9. The van der Waals surface area contributed by atoms with Crippen molar-refractivity contribution < 1.29 is 244 Å². The minimum absolute atomic E-state index is 0.948. The monoisotopic (exact) mass is 1610 g/mol. The highest BCUT2D eigenvalue weighted by Crippen LogP contribution is 2.41. The van der Waals surface area contributed by atoms with E-state index in [1.165, 1.54) is 6.92 Å². The highest BCUT2D eigenvalue weighted by atomic mass is 16.8. The van der Waals surface area contributed by atoms with Crippen molar-refractivity contribution in [3.63, 3.8) is 0 Å². The van der Waals surface area contributed by atoms with E-state index < -0.39 is 360 Å². The molecule has 49 atom stereocenters. The van der Waals surface area contributed by atoms with Gasteiger partial charge in [-0.15, -0.1) is 0 Å². The number of hydrogen-bond donors (Lipinski definition) is 31. The predicted molar refractivity (Wildman–Crippen MR) is 329 cm³/mol. The van der Waals surface area contributed by atoms with Crippen molar-refractivity contribution in [2.24, 2.45) is 0 Å². The first kappa shape index (κ1) is 90.9. The molecule has 49 nitrogen and oxygen atoms in total. The lowest BCUT2D eigenvalue weighted by Gasteiger charge is -2.51. The predicted octanol–water partition coefficient (Wildman–Crippen LogP) is -21.1. The Hall–Kier alpha value is -1.96. The highest BCUT2D eigenvalue weighted by Gasteiger charge is 2.61. The summed E-state index contributed by atoms with van der Waals surface area (Å²) in [5, 5.41) is 337. The molecule has 9 aliphatic rings. The van der Waals surface area contributed by atoms with E-state index in [0.717, 1.165) is 6.92 Å². The van der Waals surface area contributed by atoms with Gasteiger partial charge in [0, 0.05) is 0 Å². The standard InChI is InChI=1S/C60H104O49/c1-12(70)23(72)43(14(71)3-61)101-55-37(86)32(81)45(19(8-66)96-55)105-60-51(109-54-36(85)30(79)27(76)17(6-64)95-54)41(90)48(22(11-69)100-60)104-56-38(87)31(80)44(18(7-65)97-56)102-58-42(91)49(24(73)13(2)92-58)107-57-39(88)33(82)46(20(9-67)98-57)106-59-50(108-53-35(84)29(78)26(75)16(5-63)94-53)40(89)47(21(10-68)99-59)103-52-34(83)28(77)25(74)15(4-62)93-52/h12-91H,3-11H2,1-2H3/t12-,13-,14-,15+,16+,17+,18+,19+,20+,21+,22+,23-,24-,25+,26+,27+,28-,29-,30-,31+,32+,33+,34+,35+,36+,37+,38+,39+,40-,41-,42+,43+,44+,45+,46+,47-,48-,49+,50+,51+,52-,53+,54+,55+,56-,57+,58-,59-,60-/m0/s1. The van der Waals surface area contributed by atoms with Gasteiger partial charge in [0.2, 0.25) is 0 Å². The molecule has 9 heterocycles. The summed E-state index contributed by atoms with van der Waals surface area (Å²) in [4.78, 5) is 0. The van der Waals surface area contributed by atoms with E-state index in [1.807, 2.05) is 0 Å². The molecule has 31 N–H and O–H groups in total. The van der Waals surface area contributed by atoms with Crippen LogP contribution in [0.25, 0.3) is 0 Å². The average Bonchev–Trinajstić information content (AvgIpc) is 0.770. The fourth-order valence-corrected chi connectivity index (χ4v) is 13.9. The fraction of sp³-hybridized carbons (Fsp3) is 1.00. The molecule has 0 spiro atoms. The molecule has 0 amide bonds. The number of ether oxygens (including phenoxy) is 18. The molecule has 9 aliphatic heterocycles. The molecule has 9 fully saturated rings. The molecule has 0 aromatic carbocycles. The lowest BCUT2D eigenvalue weighted by Crippen LogP contribution is -2.69. The van der Waals surface area contributed by atoms with Crippen LogP contribution in [-0.4, -0.2) is 519 Å². The first-order chi connectivity index (χ1) is 51.6. The normalized spacial score (nSPS) is 51.4. The first-order valence-corrected chi connectivity index (χ1v) is 34.8. The molecule has 638 valence electrons. The summed E-state index contributed by atoms with van der Waals surface area (Å²) in [5.41, 5.74) is 0. The summed E-state index contributed by atoms with van der Waals surface area (Å²) in [6.45, 7) is -7.63. The maximum Gasteiger partial charge on any atom is 0.187 e. The van der Waals surface area contributed by atoms with Gasteiger partial charge in [0.1, 0.15) is 232 Å². The van der Waals surface area contributed by atoms with Gasteiger partial charge >= 0.3 is 0 Å². The Bertz CT molecular complexity index is 2680. The van der Waals surface area contributed by atoms with Gasteiger partial charge in [-0.05, 0) is 13.8 Å². The Morgan fingerprint density at radius 3 is 0.780 bits per heavy atom. The third-order valence-electron chi connectivity index (χ3n) is 20.4. The zero-order valence-corrected chi connectivity index (χ0v) is 57.9. The van der Waals surface area contributed by atoms with E-state index in [4.69, 9.17) is 85.3 Å². The first-order valence-electron chi connectivity index (χ1n) is 34.8. The lowest BCUT2D eigenvalue weighted by molar-refractivity contribution is -0.410. The Labute approximate surface area is 616 Å². The summed E-state index contributed by atoms with van der Waals surface area (Å²) in [7, 11) is 0. The summed E-state index contributed by atoms with van der Waals surface area (Å²) in [6.07, 6.45) is -101. The van der Waals surface area contributed by atoms with Crippen molar-refractivity contribution in [1.82, 2.24) is 0 Å². The minimum Gasteiger partial charge on any atom is -0.394 e. The van der Waals surface area contributed by atoms with Gasteiger partial charge in [-0.2, -0.15) is 0 Å². The summed E-state index contributed by atoms with van der Waals surface area (Å²) < 4.78 is 104. The van der Waals surface area contributed by atoms with Crippen LogP contribution in [0.3, 0.4) is 0 Å². The van der Waals surface area contributed by atoms with E-state index >= 15 is 0 Å². The second kappa shape index (κ2) is 39.5. The maximum absolute atomic E-state index is 12.3. The van der Waals surface area contributed by atoms with Gasteiger partial charge in [-0.3, -0.25) is 0 Å². The lowest BCUT2D eigenvalue weighted by atomic mass is 9.94. The third kappa shape index (κ3) is 19.3. The maximum atomic E-state index is 12.3. The molecule has 0 bridgehead atoms. The molecular formula is C60H104O49. The summed E-state index contributed by atoms with van der Waals surface area (Å²) >= 11 is 0. The van der Waals surface area contributed by atoms with E-state index in [-0.39, 0.29) is 0 Å². The molecule has 0 aromatic rings. The molecule has 109 heavy (non-hydrogen) atoms. The average molecular weight is 1610 g/mol. The van der Waals surface area contributed by atoms with Crippen molar-refractivity contribution in [2.45, 2.75) is 315 Å². The second-order valence-electron chi connectivity index (χ2n) is 27.7.